The standard InChI is InChI=1S/C19H28O4Si/c1-7-22-18(21)14-16(20)11-8-15-9-12-17(13-10-15)23-24(5,6)19(2,3)4/h8-13H,7,14H2,1-6H3. The Balaban J connectivity index is 2.67. The molecule has 1 aromatic carbocycles. The van der Waals surface area contributed by atoms with E-state index >= 15 is 0 Å². The van der Waals surface area contributed by atoms with Crippen molar-refractivity contribution in [2.24, 2.45) is 0 Å². The van der Waals surface area contributed by atoms with Crippen LogP contribution in [0.1, 0.15) is 39.7 Å². The molecule has 0 saturated carbocycles. The fourth-order valence-electron chi connectivity index (χ4n) is 1.70. The fourth-order valence-corrected chi connectivity index (χ4v) is 2.73. The van der Waals surface area contributed by atoms with Crippen LogP contribution in [-0.4, -0.2) is 26.7 Å². The lowest BCUT2D eigenvalue weighted by Gasteiger charge is -2.36. The maximum atomic E-state index is 11.7. The van der Waals surface area contributed by atoms with E-state index in [9.17, 15) is 9.59 Å². The van der Waals surface area contributed by atoms with Crippen LogP contribution in [0.4, 0.5) is 0 Å². The van der Waals surface area contributed by atoms with E-state index in [4.69, 9.17) is 9.16 Å². The van der Waals surface area contributed by atoms with Crippen molar-refractivity contribution in [3.8, 4) is 5.75 Å². The zero-order chi connectivity index (χ0) is 18.4. The average Bonchev–Trinajstić information content (AvgIpc) is 2.45. The SMILES string of the molecule is CCOC(=O)CC(=O)C=Cc1ccc(O[Si](C)(C)C(C)(C)C)cc1. The van der Waals surface area contributed by atoms with E-state index in [1.165, 1.54) is 6.08 Å². The third-order valence-electron chi connectivity index (χ3n) is 4.14. The maximum Gasteiger partial charge on any atom is 0.313 e. The van der Waals surface area contributed by atoms with E-state index in [-0.39, 0.29) is 23.8 Å². The number of hydrogen-bond donors (Lipinski definition) is 0. The Kier molecular flexibility index (Phi) is 6.96. The normalized spacial score (nSPS) is 12.2. The van der Waals surface area contributed by atoms with E-state index in [1.807, 2.05) is 24.3 Å². The van der Waals surface area contributed by atoms with Crippen molar-refractivity contribution < 1.29 is 18.8 Å². The van der Waals surface area contributed by atoms with E-state index < -0.39 is 14.3 Å². The number of rotatable bonds is 7. The topological polar surface area (TPSA) is 52.6 Å². The molecule has 1 rings (SSSR count). The van der Waals surface area contributed by atoms with Gasteiger partial charge in [0.1, 0.15) is 12.2 Å². The molecule has 0 bridgehead atoms. The molecule has 0 spiro atoms. The van der Waals surface area contributed by atoms with Gasteiger partial charge in [-0.25, -0.2) is 0 Å². The van der Waals surface area contributed by atoms with Gasteiger partial charge in [-0.05, 0) is 48.8 Å². The zero-order valence-corrected chi connectivity index (χ0v) is 16.5. The van der Waals surface area contributed by atoms with Gasteiger partial charge in [0.05, 0.1) is 6.61 Å². The smallest absolute Gasteiger partial charge is 0.313 e. The minimum absolute atomic E-state index is 0.144. The lowest BCUT2D eigenvalue weighted by molar-refractivity contribution is -0.144. The van der Waals surface area contributed by atoms with Crippen molar-refractivity contribution in [3.05, 3.63) is 35.9 Å². The molecule has 0 aliphatic carbocycles. The Bertz CT molecular complexity index is 595. The van der Waals surface area contributed by atoms with Crippen molar-refractivity contribution in [1.82, 2.24) is 0 Å². The Morgan fingerprint density at radius 1 is 1.12 bits per heavy atom. The summed E-state index contributed by atoms with van der Waals surface area (Å²) in [7, 11) is -1.85. The van der Waals surface area contributed by atoms with Crippen molar-refractivity contribution in [3.63, 3.8) is 0 Å². The number of allylic oxidation sites excluding steroid dienone is 1. The lowest BCUT2D eigenvalue weighted by Crippen LogP contribution is -2.43. The van der Waals surface area contributed by atoms with E-state index in [1.54, 1.807) is 13.0 Å². The average molecular weight is 349 g/mol. The molecule has 0 atom stereocenters. The number of benzene rings is 1. The van der Waals surface area contributed by atoms with Gasteiger partial charge in [0.25, 0.3) is 0 Å². The second-order valence-corrected chi connectivity index (χ2v) is 11.9. The molecule has 0 saturated heterocycles. The quantitative estimate of drug-likeness (QED) is 0.313. The molecular formula is C19H28O4Si. The first-order valence-electron chi connectivity index (χ1n) is 8.21. The zero-order valence-electron chi connectivity index (χ0n) is 15.5. The van der Waals surface area contributed by atoms with E-state index in [0.717, 1.165) is 11.3 Å². The third kappa shape index (κ3) is 6.32. The van der Waals surface area contributed by atoms with E-state index in [0.29, 0.717) is 0 Å². The van der Waals surface area contributed by atoms with E-state index in [2.05, 4.69) is 33.9 Å². The van der Waals surface area contributed by atoms with Crippen LogP contribution in [0.15, 0.2) is 30.3 Å². The second-order valence-electron chi connectivity index (χ2n) is 7.21. The summed E-state index contributed by atoms with van der Waals surface area (Å²) in [5.41, 5.74) is 0.884. The Morgan fingerprint density at radius 2 is 1.71 bits per heavy atom. The van der Waals surface area contributed by atoms with Crippen molar-refractivity contribution in [2.75, 3.05) is 6.61 Å². The molecule has 0 aliphatic heterocycles. The molecule has 24 heavy (non-hydrogen) atoms. The summed E-state index contributed by atoms with van der Waals surface area (Å²) < 4.78 is 11.0. The van der Waals surface area contributed by atoms with Crippen LogP contribution in [0, 0.1) is 0 Å². The molecule has 0 heterocycles. The predicted molar refractivity (Wildman–Crippen MR) is 99.6 cm³/mol. The molecule has 0 amide bonds. The van der Waals surface area contributed by atoms with Crippen LogP contribution in [0.25, 0.3) is 6.08 Å². The highest BCUT2D eigenvalue weighted by molar-refractivity contribution is 6.74. The summed E-state index contributed by atoms with van der Waals surface area (Å²) in [6, 6.07) is 7.62. The molecule has 0 radical (unpaired) electrons. The number of carbonyl (C=O) groups excluding carboxylic acids is 2. The van der Waals surface area contributed by atoms with Crippen molar-refractivity contribution >= 4 is 26.1 Å². The van der Waals surface area contributed by atoms with Gasteiger partial charge in [0.15, 0.2) is 5.78 Å². The minimum atomic E-state index is -1.85. The van der Waals surface area contributed by atoms with Crippen LogP contribution in [0.2, 0.25) is 18.1 Å². The molecule has 4 nitrogen and oxygen atoms in total. The van der Waals surface area contributed by atoms with Crippen LogP contribution >= 0.6 is 0 Å². The highest BCUT2D eigenvalue weighted by Crippen LogP contribution is 2.37. The number of ether oxygens (including phenoxy) is 1. The highest BCUT2D eigenvalue weighted by atomic mass is 28.4. The summed E-state index contributed by atoms with van der Waals surface area (Å²) in [5, 5.41) is 0.144. The van der Waals surface area contributed by atoms with Crippen LogP contribution in [0.5, 0.6) is 5.75 Å². The van der Waals surface area contributed by atoms with Gasteiger partial charge in [0, 0.05) is 0 Å². The largest absolute Gasteiger partial charge is 0.544 e. The Hall–Kier alpha value is -1.88. The van der Waals surface area contributed by atoms with Gasteiger partial charge in [0.2, 0.25) is 8.32 Å². The minimum Gasteiger partial charge on any atom is -0.544 e. The van der Waals surface area contributed by atoms with Crippen LogP contribution < -0.4 is 4.43 Å². The first-order chi connectivity index (χ1) is 11.0. The molecule has 0 N–H and O–H groups in total. The first kappa shape index (κ1) is 20.2. The molecule has 0 aliphatic rings. The van der Waals surface area contributed by atoms with Gasteiger partial charge >= 0.3 is 5.97 Å². The first-order valence-corrected chi connectivity index (χ1v) is 11.1. The molecule has 0 unspecified atom stereocenters. The van der Waals surface area contributed by atoms with Gasteiger partial charge < -0.3 is 9.16 Å². The predicted octanol–water partition coefficient (Wildman–Crippen LogP) is 4.61. The highest BCUT2D eigenvalue weighted by Gasteiger charge is 2.38. The molecule has 5 heteroatoms. The van der Waals surface area contributed by atoms with Gasteiger partial charge in [-0.1, -0.05) is 39.0 Å². The van der Waals surface area contributed by atoms with Gasteiger partial charge in [-0.2, -0.15) is 0 Å². The summed E-state index contributed by atoms with van der Waals surface area (Å²) in [5.74, 6) is 0.0805. The summed E-state index contributed by atoms with van der Waals surface area (Å²) in [6.45, 7) is 13.0. The maximum absolute atomic E-state index is 11.7. The third-order valence-corrected chi connectivity index (χ3v) is 8.50. The molecule has 132 valence electrons. The lowest BCUT2D eigenvalue weighted by atomic mass is 10.1. The van der Waals surface area contributed by atoms with Crippen molar-refractivity contribution in [2.45, 2.75) is 52.2 Å². The van der Waals surface area contributed by atoms with Gasteiger partial charge in [-0.3, -0.25) is 9.59 Å². The Morgan fingerprint density at radius 3 is 2.21 bits per heavy atom. The molecule has 0 fully saturated rings. The summed E-state index contributed by atoms with van der Waals surface area (Å²) in [4.78, 5) is 22.9. The monoisotopic (exact) mass is 348 g/mol. The van der Waals surface area contributed by atoms with Crippen molar-refractivity contribution in [1.29, 1.82) is 0 Å². The molecular weight excluding hydrogens is 320 g/mol. The Labute approximate surface area is 146 Å². The van der Waals surface area contributed by atoms with Gasteiger partial charge in [-0.15, -0.1) is 0 Å². The number of ketones is 1. The molecule has 1 aromatic rings. The van der Waals surface area contributed by atoms with Crippen LogP contribution in [0.3, 0.4) is 0 Å². The number of hydrogen-bond acceptors (Lipinski definition) is 4. The number of esters is 1. The summed E-state index contributed by atoms with van der Waals surface area (Å²) in [6.07, 6.45) is 2.87. The summed E-state index contributed by atoms with van der Waals surface area (Å²) >= 11 is 0. The second kappa shape index (κ2) is 8.28. The molecule has 0 aromatic heterocycles. The number of carbonyl (C=O) groups is 2. The van der Waals surface area contributed by atoms with Crippen LogP contribution in [-0.2, 0) is 14.3 Å². The fraction of sp³-hybridized carbons (Fsp3) is 0.474.